The lowest BCUT2D eigenvalue weighted by molar-refractivity contribution is 0.0320. The van der Waals surface area contributed by atoms with E-state index in [2.05, 4.69) is 19.2 Å². The summed E-state index contributed by atoms with van der Waals surface area (Å²) in [6.45, 7) is 5.10. The highest BCUT2D eigenvalue weighted by Gasteiger charge is 2.32. The van der Waals surface area contributed by atoms with Crippen molar-refractivity contribution in [2.45, 2.75) is 44.9 Å². The van der Waals surface area contributed by atoms with Gasteiger partial charge in [-0.3, -0.25) is 0 Å². The quantitative estimate of drug-likeness (QED) is 0.895. The normalized spacial score (nSPS) is 26.4. The Labute approximate surface area is 116 Å². The zero-order valence-corrected chi connectivity index (χ0v) is 12.3. The van der Waals surface area contributed by atoms with Crippen LogP contribution < -0.4 is 5.32 Å². The summed E-state index contributed by atoms with van der Waals surface area (Å²) >= 11 is 13.7. The van der Waals surface area contributed by atoms with E-state index in [-0.39, 0.29) is 12.1 Å². The van der Waals surface area contributed by atoms with Crippen molar-refractivity contribution >= 4 is 34.5 Å². The molecule has 3 atom stereocenters. The van der Waals surface area contributed by atoms with Crippen LogP contribution in [0.25, 0.3) is 0 Å². The summed E-state index contributed by atoms with van der Waals surface area (Å²) in [6.07, 6.45) is 2.73. The van der Waals surface area contributed by atoms with E-state index in [1.54, 1.807) is 0 Å². The number of nitrogens with one attached hydrogen (secondary N) is 1. The highest BCUT2D eigenvalue weighted by Crippen LogP contribution is 2.39. The third-order valence-corrected chi connectivity index (χ3v) is 4.60. The second kappa shape index (κ2) is 5.89. The Hall–Kier alpha value is 0.200. The molecule has 0 radical (unpaired) electrons. The SMILES string of the molecule is CCNC(c1cc(Cl)sc1Cl)C1CCC(C)O1. The van der Waals surface area contributed by atoms with Crippen molar-refractivity contribution in [2.24, 2.45) is 0 Å². The number of hydrogen-bond donors (Lipinski definition) is 1. The second-order valence-corrected chi connectivity index (χ2v) is 6.66. The fourth-order valence-electron chi connectivity index (χ4n) is 2.31. The van der Waals surface area contributed by atoms with E-state index in [0.717, 1.165) is 33.6 Å². The fourth-order valence-corrected chi connectivity index (χ4v) is 3.86. The van der Waals surface area contributed by atoms with Crippen LogP contribution >= 0.6 is 34.5 Å². The predicted molar refractivity (Wildman–Crippen MR) is 74.3 cm³/mol. The van der Waals surface area contributed by atoms with Crippen LogP contribution in [0.5, 0.6) is 0 Å². The molecule has 0 amide bonds. The summed E-state index contributed by atoms with van der Waals surface area (Å²) in [5.74, 6) is 0. The molecule has 17 heavy (non-hydrogen) atoms. The zero-order chi connectivity index (χ0) is 12.4. The smallest absolute Gasteiger partial charge is 0.0992 e. The molecule has 0 aliphatic carbocycles. The zero-order valence-electron chi connectivity index (χ0n) is 10.0. The van der Waals surface area contributed by atoms with Crippen LogP contribution in [0, 0.1) is 0 Å². The minimum atomic E-state index is 0.154. The molecule has 1 saturated heterocycles. The Bertz CT molecular complexity index is 383. The molecule has 1 aliphatic heterocycles. The predicted octanol–water partition coefficient (Wildman–Crippen LogP) is 4.27. The molecule has 5 heteroatoms. The number of ether oxygens (including phenoxy) is 1. The first-order chi connectivity index (χ1) is 8.11. The Morgan fingerprint density at radius 1 is 1.53 bits per heavy atom. The van der Waals surface area contributed by atoms with E-state index in [0.29, 0.717) is 6.10 Å². The molecule has 0 spiro atoms. The van der Waals surface area contributed by atoms with Gasteiger partial charge in [-0.1, -0.05) is 30.1 Å². The molecule has 2 heterocycles. The summed E-state index contributed by atoms with van der Waals surface area (Å²) in [5, 5.41) is 3.45. The largest absolute Gasteiger partial charge is 0.373 e. The van der Waals surface area contributed by atoms with Crippen LogP contribution in [-0.4, -0.2) is 18.8 Å². The Kier molecular flexibility index (Phi) is 4.72. The number of hydrogen-bond acceptors (Lipinski definition) is 3. The first-order valence-electron chi connectivity index (χ1n) is 5.95. The van der Waals surface area contributed by atoms with Gasteiger partial charge in [-0.15, -0.1) is 11.3 Å². The average molecular weight is 294 g/mol. The van der Waals surface area contributed by atoms with Crippen molar-refractivity contribution in [1.82, 2.24) is 5.32 Å². The van der Waals surface area contributed by atoms with E-state index >= 15 is 0 Å². The lowest BCUT2D eigenvalue weighted by Gasteiger charge is -2.24. The van der Waals surface area contributed by atoms with Crippen LogP contribution in [0.15, 0.2) is 6.07 Å². The first kappa shape index (κ1) is 13.6. The maximum atomic E-state index is 6.23. The lowest BCUT2D eigenvalue weighted by Crippen LogP contribution is -2.31. The number of rotatable bonds is 4. The van der Waals surface area contributed by atoms with Crippen LogP contribution in [0.2, 0.25) is 8.67 Å². The van der Waals surface area contributed by atoms with Gasteiger partial charge in [0.25, 0.3) is 0 Å². The van der Waals surface area contributed by atoms with Gasteiger partial charge in [-0.2, -0.15) is 0 Å². The maximum Gasteiger partial charge on any atom is 0.0992 e. The summed E-state index contributed by atoms with van der Waals surface area (Å²) < 4.78 is 7.44. The lowest BCUT2D eigenvalue weighted by atomic mass is 10.0. The van der Waals surface area contributed by atoms with E-state index in [9.17, 15) is 0 Å². The topological polar surface area (TPSA) is 21.3 Å². The minimum absolute atomic E-state index is 0.154. The maximum absolute atomic E-state index is 6.23. The van der Waals surface area contributed by atoms with Gasteiger partial charge in [0, 0.05) is 5.56 Å². The highest BCUT2D eigenvalue weighted by molar-refractivity contribution is 7.20. The van der Waals surface area contributed by atoms with Gasteiger partial charge in [0.1, 0.15) is 0 Å². The third kappa shape index (κ3) is 3.15. The molecule has 0 aromatic carbocycles. The first-order valence-corrected chi connectivity index (χ1v) is 7.52. The molecule has 2 rings (SSSR count). The molecule has 96 valence electrons. The molecular formula is C12H17Cl2NOS. The third-order valence-electron chi connectivity index (χ3n) is 3.08. The number of likely N-dealkylation sites (N-methyl/N-ethyl adjacent to an activating group) is 1. The fraction of sp³-hybridized carbons (Fsp3) is 0.667. The van der Waals surface area contributed by atoms with Crippen LogP contribution in [-0.2, 0) is 4.74 Å². The van der Waals surface area contributed by atoms with Crippen molar-refractivity contribution in [3.8, 4) is 0 Å². The molecule has 0 saturated carbocycles. The van der Waals surface area contributed by atoms with Gasteiger partial charge in [0.05, 0.1) is 26.9 Å². The molecule has 0 bridgehead atoms. The Morgan fingerprint density at radius 2 is 2.29 bits per heavy atom. The average Bonchev–Trinajstić information content (AvgIpc) is 2.82. The van der Waals surface area contributed by atoms with Crippen LogP contribution in [0.3, 0.4) is 0 Å². The molecule has 1 fully saturated rings. The van der Waals surface area contributed by atoms with Crippen LogP contribution in [0.4, 0.5) is 0 Å². The molecule has 3 unspecified atom stereocenters. The van der Waals surface area contributed by atoms with E-state index in [4.69, 9.17) is 27.9 Å². The van der Waals surface area contributed by atoms with Crippen molar-refractivity contribution in [1.29, 1.82) is 0 Å². The van der Waals surface area contributed by atoms with Gasteiger partial charge in [0.15, 0.2) is 0 Å². The van der Waals surface area contributed by atoms with Gasteiger partial charge in [-0.25, -0.2) is 0 Å². The summed E-state index contributed by atoms with van der Waals surface area (Å²) in [4.78, 5) is 0. The number of halogens is 2. The second-order valence-electron chi connectivity index (χ2n) is 4.38. The van der Waals surface area contributed by atoms with Gasteiger partial charge >= 0.3 is 0 Å². The summed E-state index contributed by atoms with van der Waals surface area (Å²) in [7, 11) is 0. The Morgan fingerprint density at radius 3 is 2.76 bits per heavy atom. The summed E-state index contributed by atoms with van der Waals surface area (Å²) in [5.41, 5.74) is 1.07. The highest BCUT2D eigenvalue weighted by atomic mass is 35.5. The van der Waals surface area contributed by atoms with Crippen molar-refractivity contribution < 1.29 is 4.74 Å². The molecule has 1 N–H and O–H groups in total. The molecule has 1 aliphatic rings. The molecule has 1 aromatic heterocycles. The van der Waals surface area contributed by atoms with Gasteiger partial charge in [0.2, 0.25) is 0 Å². The Balaban J connectivity index is 2.19. The molecular weight excluding hydrogens is 277 g/mol. The van der Waals surface area contributed by atoms with Crippen molar-refractivity contribution in [3.63, 3.8) is 0 Å². The van der Waals surface area contributed by atoms with Crippen LogP contribution in [0.1, 0.15) is 38.3 Å². The van der Waals surface area contributed by atoms with Gasteiger partial charge < -0.3 is 10.1 Å². The standard InChI is InChI=1S/C12H17Cl2NOS/c1-3-15-11(9-5-4-7(2)16-9)8-6-10(13)17-12(8)14/h6-7,9,11,15H,3-5H2,1-2H3. The summed E-state index contributed by atoms with van der Waals surface area (Å²) in [6, 6.07) is 2.11. The monoisotopic (exact) mass is 293 g/mol. The molecule has 2 nitrogen and oxygen atoms in total. The number of thiophene rings is 1. The van der Waals surface area contributed by atoms with E-state index in [1.165, 1.54) is 11.3 Å². The molecule has 1 aromatic rings. The van der Waals surface area contributed by atoms with Gasteiger partial charge in [-0.05, 0) is 32.4 Å². The van der Waals surface area contributed by atoms with E-state index in [1.807, 2.05) is 6.07 Å². The van der Waals surface area contributed by atoms with Crippen molar-refractivity contribution in [2.75, 3.05) is 6.54 Å². The van der Waals surface area contributed by atoms with E-state index < -0.39 is 0 Å². The van der Waals surface area contributed by atoms with Crippen molar-refractivity contribution in [3.05, 3.63) is 20.3 Å². The minimum Gasteiger partial charge on any atom is -0.373 e.